The first-order chi connectivity index (χ1) is 5.27. The standard InChI is InChI=1S/C7H3BrFNO/c8-5-1-4-3-10-11-7(4)6(9)2-5/h1-3H. The molecule has 0 fully saturated rings. The van der Waals surface area contributed by atoms with E-state index in [1.165, 1.54) is 12.3 Å². The van der Waals surface area contributed by atoms with Gasteiger partial charge in [0.2, 0.25) is 5.58 Å². The highest BCUT2D eigenvalue weighted by molar-refractivity contribution is 9.10. The van der Waals surface area contributed by atoms with E-state index in [1.54, 1.807) is 6.07 Å². The van der Waals surface area contributed by atoms with E-state index in [9.17, 15) is 4.39 Å². The largest absolute Gasteiger partial charge is 0.353 e. The fourth-order valence-electron chi connectivity index (χ4n) is 0.908. The molecule has 0 aliphatic carbocycles. The van der Waals surface area contributed by atoms with Crippen molar-refractivity contribution in [1.29, 1.82) is 0 Å². The molecule has 1 heterocycles. The monoisotopic (exact) mass is 215 g/mol. The number of nitrogens with zero attached hydrogens (tertiary/aromatic N) is 1. The van der Waals surface area contributed by atoms with Gasteiger partial charge in [0, 0.05) is 9.86 Å². The number of hydrogen-bond donors (Lipinski definition) is 0. The number of benzene rings is 1. The Balaban J connectivity index is 2.91. The van der Waals surface area contributed by atoms with E-state index in [-0.39, 0.29) is 5.58 Å². The highest BCUT2D eigenvalue weighted by Gasteiger charge is 2.05. The molecule has 0 radical (unpaired) electrons. The maximum absolute atomic E-state index is 12.9. The van der Waals surface area contributed by atoms with E-state index in [0.717, 1.165) is 0 Å². The topological polar surface area (TPSA) is 26.0 Å². The van der Waals surface area contributed by atoms with Gasteiger partial charge in [-0.15, -0.1) is 0 Å². The minimum atomic E-state index is -0.396. The zero-order valence-corrected chi connectivity index (χ0v) is 6.93. The average molecular weight is 216 g/mol. The van der Waals surface area contributed by atoms with Crippen LogP contribution in [0.2, 0.25) is 0 Å². The lowest BCUT2D eigenvalue weighted by atomic mass is 10.3. The van der Waals surface area contributed by atoms with Crippen LogP contribution in [0.4, 0.5) is 4.39 Å². The summed E-state index contributed by atoms with van der Waals surface area (Å²) >= 11 is 3.16. The minimum absolute atomic E-state index is 0.202. The van der Waals surface area contributed by atoms with Crippen LogP contribution in [0.1, 0.15) is 0 Å². The smallest absolute Gasteiger partial charge is 0.202 e. The lowest BCUT2D eigenvalue weighted by molar-refractivity contribution is 0.440. The number of halogens is 2. The maximum Gasteiger partial charge on any atom is 0.202 e. The van der Waals surface area contributed by atoms with Crippen molar-refractivity contribution < 1.29 is 8.91 Å². The summed E-state index contributed by atoms with van der Waals surface area (Å²) in [6, 6.07) is 3.09. The van der Waals surface area contributed by atoms with E-state index >= 15 is 0 Å². The summed E-state index contributed by atoms with van der Waals surface area (Å²) in [4.78, 5) is 0. The van der Waals surface area contributed by atoms with Crippen molar-refractivity contribution in [2.24, 2.45) is 0 Å². The van der Waals surface area contributed by atoms with Crippen LogP contribution in [0, 0.1) is 5.82 Å². The Morgan fingerprint density at radius 2 is 2.27 bits per heavy atom. The number of aromatic nitrogens is 1. The predicted octanol–water partition coefficient (Wildman–Crippen LogP) is 2.73. The van der Waals surface area contributed by atoms with Crippen LogP contribution in [-0.4, -0.2) is 5.16 Å². The number of rotatable bonds is 0. The van der Waals surface area contributed by atoms with Gasteiger partial charge in [0.1, 0.15) is 0 Å². The third-order valence-electron chi connectivity index (χ3n) is 1.37. The molecule has 1 aromatic carbocycles. The number of fused-ring (bicyclic) bond motifs is 1. The summed E-state index contributed by atoms with van der Waals surface area (Å²) in [6.45, 7) is 0. The molecule has 1 aromatic heterocycles. The third-order valence-corrected chi connectivity index (χ3v) is 1.83. The van der Waals surface area contributed by atoms with Gasteiger partial charge >= 0.3 is 0 Å². The molecule has 0 bridgehead atoms. The van der Waals surface area contributed by atoms with Gasteiger partial charge in [0.05, 0.1) is 6.20 Å². The van der Waals surface area contributed by atoms with E-state index < -0.39 is 5.82 Å². The molecule has 0 aliphatic heterocycles. The summed E-state index contributed by atoms with van der Waals surface area (Å²) in [5, 5.41) is 4.13. The molecule has 2 nitrogen and oxygen atoms in total. The molecule has 2 rings (SSSR count). The zero-order chi connectivity index (χ0) is 7.84. The third kappa shape index (κ3) is 1.03. The summed E-state index contributed by atoms with van der Waals surface area (Å²) in [5.41, 5.74) is 0.202. The van der Waals surface area contributed by atoms with Crippen molar-refractivity contribution in [3.05, 3.63) is 28.6 Å². The second-order valence-electron chi connectivity index (χ2n) is 2.13. The van der Waals surface area contributed by atoms with Crippen LogP contribution < -0.4 is 0 Å². The highest BCUT2D eigenvalue weighted by atomic mass is 79.9. The fraction of sp³-hybridized carbons (Fsp3) is 0. The van der Waals surface area contributed by atoms with Gasteiger partial charge in [-0.3, -0.25) is 0 Å². The van der Waals surface area contributed by atoms with E-state index in [4.69, 9.17) is 0 Å². The van der Waals surface area contributed by atoms with Crippen LogP contribution >= 0.6 is 15.9 Å². The van der Waals surface area contributed by atoms with Crippen molar-refractivity contribution in [3.8, 4) is 0 Å². The molecular weight excluding hydrogens is 213 g/mol. The zero-order valence-electron chi connectivity index (χ0n) is 5.34. The molecular formula is C7H3BrFNO. The molecule has 11 heavy (non-hydrogen) atoms. The Morgan fingerprint density at radius 3 is 3.09 bits per heavy atom. The first-order valence-electron chi connectivity index (χ1n) is 2.97. The van der Waals surface area contributed by atoms with E-state index in [0.29, 0.717) is 9.86 Å². The lowest BCUT2D eigenvalue weighted by Gasteiger charge is -1.90. The van der Waals surface area contributed by atoms with Crippen LogP contribution in [0.15, 0.2) is 27.3 Å². The molecule has 0 unspecified atom stereocenters. The Bertz CT molecular complexity index is 398. The predicted molar refractivity (Wildman–Crippen MR) is 41.7 cm³/mol. The van der Waals surface area contributed by atoms with Crippen molar-refractivity contribution in [1.82, 2.24) is 5.16 Å². The van der Waals surface area contributed by atoms with Gasteiger partial charge in [-0.05, 0) is 12.1 Å². The van der Waals surface area contributed by atoms with E-state index in [2.05, 4.69) is 25.6 Å². The Hall–Kier alpha value is -0.900. The minimum Gasteiger partial charge on any atom is -0.353 e. The van der Waals surface area contributed by atoms with Gasteiger partial charge in [-0.2, -0.15) is 0 Å². The maximum atomic E-state index is 12.9. The summed E-state index contributed by atoms with van der Waals surface area (Å²) in [5.74, 6) is -0.396. The summed E-state index contributed by atoms with van der Waals surface area (Å²) < 4.78 is 18.3. The van der Waals surface area contributed by atoms with Crippen molar-refractivity contribution >= 4 is 26.9 Å². The molecule has 4 heteroatoms. The van der Waals surface area contributed by atoms with Crippen molar-refractivity contribution in [2.45, 2.75) is 0 Å². The Labute approximate surface area is 70.1 Å². The second kappa shape index (κ2) is 2.30. The van der Waals surface area contributed by atoms with Gasteiger partial charge in [0.15, 0.2) is 5.82 Å². The molecule has 0 atom stereocenters. The SMILES string of the molecule is Fc1cc(Br)cc2cnoc12. The van der Waals surface area contributed by atoms with E-state index in [1.807, 2.05) is 0 Å². The molecule has 0 saturated heterocycles. The van der Waals surface area contributed by atoms with Gasteiger partial charge in [0.25, 0.3) is 0 Å². The normalized spacial score (nSPS) is 10.7. The Morgan fingerprint density at radius 1 is 1.45 bits per heavy atom. The average Bonchev–Trinajstić information content (AvgIpc) is 2.34. The molecule has 0 N–H and O–H groups in total. The summed E-state index contributed by atoms with van der Waals surface area (Å²) in [6.07, 6.45) is 1.48. The fourth-order valence-corrected chi connectivity index (χ4v) is 1.36. The molecule has 2 aromatic rings. The lowest BCUT2D eigenvalue weighted by Crippen LogP contribution is -1.74. The van der Waals surface area contributed by atoms with Gasteiger partial charge in [-0.25, -0.2) is 4.39 Å². The first kappa shape index (κ1) is 6.79. The van der Waals surface area contributed by atoms with Gasteiger partial charge in [-0.1, -0.05) is 21.1 Å². The Kier molecular flexibility index (Phi) is 1.42. The second-order valence-corrected chi connectivity index (χ2v) is 3.05. The number of hydrogen-bond acceptors (Lipinski definition) is 2. The van der Waals surface area contributed by atoms with Crippen LogP contribution in [0.3, 0.4) is 0 Å². The molecule has 0 aliphatic rings. The highest BCUT2D eigenvalue weighted by Crippen LogP contribution is 2.22. The molecule has 0 amide bonds. The molecule has 0 spiro atoms. The van der Waals surface area contributed by atoms with Crippen molar-refractivity contribution in [2.75, 3.05) is 0 Å². The van der Waals surface area contributed by atoms with Crippen LogP contribution in [0.5, 0.6) is 0 Å². The molecule has 56 valence electrons. The van der Waals surface area contributed by atoms with Gasteiger partial charge < -0.3 is 4.52 Å². The first-order valence-corrected chi connectivity index (χ1v) is 3.76. The van der Waals surface area contributed by atoms with Crippen LogP contribution in [-0.2, 0) is 0 Å². The van der Waals surface area contributed by atoms with Crippen molar-refractivity contribution in [3.63, 3.8) is 0 Å². The van der Waals surface area contributed by atoms with Crippen LogP contribution in [0.25, 0.3) is 11.0 Å². The quantitative estimate of drug-likeness (QED) is 0.676. The molecule has 0 saturated carbocycles. The summed E-state index contributed by atoms with van der Waals surface area (Å²) in [7, 11) is 0.